The zero-order valence-corrected chi connectivity index (χ0v) is 14.6. The smallest absolute Gasteiger partial charge is 0.308 e. The van der Waals surface area contributed by atoms with Gasteiger partial charge in [0.05, 0.1) is 11.8 Å². The molecule has 2 aliphatic rings. The molecule has 1 unspecified atom stereocenters. The van der Waals surface area contributed by atoms with Crippen molar-refractivity contribution in [2.75, 3.05) is 13.1 Å². The molecule has 2 fully saturated rings. The highest BCUT2D eigenvalue weighted by Gasteiger charge is 2.45. The zero-order valence-electron chi connectivity index (χ0n) is 14.6. The number of likely N-dealkylation sites (tertiary alicyclic amines) is 1. The second kappa shape index (κ2) is 6.94. The number of nitrogens with zero attached hydrogens (tertiary/aromatic N) is 1. The van der Waals surface area contributed by atoms with Gasteiger partial charge in [-0.25, -0.2) is 0 Å². The predicted molar refractivity (Wildman–Crippen MR) is 98.8 cm³/mol. The van der Waals surface area contributed by atoms with Crippen molar-refractivity contribution in [2.45, 2.75) is 24.7 Å². The molecule has 1 saturated carbocycles. The third kappa shape index (κ3) is 3.24. The van der Waals surface area contributed by atoms with Gasteiger partial charge in [0.2, 0.25) is 5.91 Å². The summed E-state index contributed by atoms with van der Waals surface area (Å²) >= 11 is 0. The van der Waals surface area contributed by atoms with Crippen LogP contribution in [0, 0.1) is 11.8 Å². The van der Waals surface area contributed by atoms with Gasteiger partial charge in [-0.05, 0) is 29.9 Å². The lowest BCUT2D eigenvalue weighted by Crippen LogP contribution is -2.35. The van der Waals surface area contributed by atoms with Gasteiger partial charge in [-0.1, -0.05) is 60.7 Å². The lowest BCUT2D eigenvalue weighted by molar-refractivity contribution is -0.142. The third-order valence-electron chi connectivity index (χ3n) is 5.69. The van der Waals surface area contributed by atoms with Crippen LogP contribution in [0.3, 0.4) is 0 Å². The van der Waals surface area contributed by atoms with E-state index in [-0.39, 0.29) is 17.7 Å². The summed E-state index contributed by atoms with van der Waals surface area (Å²) in [4.78, 5) is 26.9. The van der Waals surface area contributed by atoms with Crippen molar-refractivity contribution in [2.24, 2.45) is 11.8 Å². The first-order valence-corrected chi connectivity index (χ1v) is 9.26. The van der Waals surface area contributed by atoms with E-state index < -0.39 is 11.9 Å². The van der Waals surface area contributed by atoms with Gasteiger partial charge >= 0.3 is 5.97 Å². The normalized spacial score (nSPS) is 23.6. The van der Waals surface area contributed by atoms with Crippen molar-refractivity contribution >= 4 is 11.9 Å². The standard InChI is InChI=1S/C22H23NO3/c24-21(20(17-11-12-17)16-9-5-2-6-10-16)23-13-18(19(14-23)22(25)26)15-7-3-1-4-8-15/h1-10,17-20H,11-14H2,(H,25,26)/t18-,19-,20?/m1/s1. The number of carbonyl (C=O) groups excluding carboxylic acids is 1. The lowest BCUT2D eigenvalue weighted by atomic mass is 9.89. The molecule has 0 aromatic heterocycles. The van der Waals surface area contributed by atoms with E-state index in [1.165, 1.54) is 0 Å². The van der Waals surface area contributed by atoms with Crippen LogP contribution in [0.15, 0.2) is 60.7 Å². The van der Waals surface area contributed by atoms with E-state index in [2.05, 4.69) is 0 Å². The number of aliphatic carboxylic acids is 1. The summed E-state index contributed by atoms with van der Waals surface area (Å²) in [6.07, 6.45) is 2.15. The molecule has 0 spiro atoms. The molecular formula is C22H23NO3. The fraction of sp³-hybridized carbons (Fsp3) is 0.364. The Kier molecular flexibility index (Phi) is 4.49. The Morgan fingerprint density at radius 2 is 1.54 bits per heavy atom. The Bertz CT molecular complexity index is 786. The molecule has 2 aromatic carbocycles. The van der Waals surface area contributed by atoms with E-state index in [0.29, 0.717) is 19.0 Å². The summed E-state index contributed by atoms with van der Waals surface area (Å²) in [6, 6.07) is 19.6. The van der Waals surface area contributed by atoms with Crippen LogP contribution >= 0.6 is 0 Å². The summed E-state index contributed by atoms with van der Waals surface area (Å²) in [7, 11) is 0. The fourth-order valence-corrected chi connectivity index (χ4v) is 4.17. The quantitative estimate of drug-likeness (QED) is 0.899. The van der Waals surface area contributed by atoms with Crippen molar-refractivity contribution in [1.82, 2.24) is 4.90 Å². The van der Waals surface area contributed by atoms with Gasteiger partial charge in [-0.15, -0.1) is 0 Å². The molecule has 1 amide bonds. The van der Waals surface area contributed by atoms with E-state index >= 15 is 0 Å². The van der Waals surface area contributed by atoms with Crippen LogP contribution in [0.1, 0.15) is 35.8 Å². The molecule has 1 N–H and O–H groups in total. The third-order valence-corrected chi connectivity index (χ3v) is 5.69. The highest BCUT2D eigenvalue weighted by molar-refractivity contribution is 5.86. The van der Waals surface area contributed by atoms with Crippen LogP contribution in [0.2, 0.25) is 0 Å². The second-order valence-corrected chi connectivity index (χ2v) is 7.43. The number of hydrogen-bond donors (Lipinski definition) is 1. The Morgan fingerprint density at radius 3 is 2.12 bits per heavy atom. The summed E-state index contributed by atoms with van der Waals surface area (Å²) < 4.78 is 0. The van der Waals surface area contributed by atoms with Crippen LogP contribution < -0.4 is 0 Å². The van der Waals surface area contributed by atoms with Crippen molar-refractivity contribution in [1.29, 1.82) is 0 Å². The lowest BCUT2D eigenvalue weighted by Gasteiger charge is -2.24. The average Bonchev–Trinajstić information content (AvgIpc) is 3.39. The Hall–Kier alpha value is -2.62. The van der Waals surface area contributed by atoms with Gasteiger partial charge in [0, 0.05) is 19.0 Å². The van der Waals surface area contributed by atoms with E-state index in [1.807, 2.05) is 60.7 Å². The molecule has 4 rings (SSSR count). The molecule has 4 nitrogen and oxygen atoms in total. The topological polar surface area (TPSA) is 57.6 Å². The van der Waals surface area contributed by atoms with E-state index in [0.717, 1.165) is 24.0 Å². The number of rotatable bonds is 5. The van der Waals surface area contributed by atoms with Crippen LogP contribution in [0.5, 0.6) is 0 Å². The summed E-state index contributed by atoms with van der Waals surface area (Å²) in [5, 5.41) is 9.68. The minimum Gasteiger partial charge on any atom is -0.481 e. The average molecular weight is 349 g/mol. The minimum atomic E-state index is -0.822. The number of hydrogen-bond acceptors (Lipinski definition) is 2. The Morgan fingerprint density at radius 1 is 0.923 bits per heavy atom. The van der Waals surface area contributed by atoms with E-state index in [9.17, 15) is 14.7 Å². The predicted octanol–water partition coefficient (Wildman–Crippen LogP) is 3.51. The van der Waals surface area contributed by atoms with Gasteiger partial charge in [0.15, 0.2) is 0 Å². The zero-order chi connectivity index (χ0) is 18.1. The molecule has 4 heteroatoms. The molecule has 134 valence electrons. The first kappa shape index (κ1) is 16.8. The number of carboxylic acids is 1. The van der Waals surface area contributed by atoms with Gasteiger partial charge in [0.25, 0.3) is 0 Å². The SMILES string of the molecule is O=C(O)[C@@H]1CN(C(=O)C(c2ccccc2)C2CC2)C[C@@H]1c1ccccc1. The van der Waals surface area contributed by atoms with Crippen molar-refractivity contribution < 1.29 is 14.7 Å². The van der Waals surface area contributed by atoms with Gasteiger partial charge in [-0.2, -0.15) is 0 Å². The number of carboxylic acid groups (broad SMARTS) is 1. The summed E-state index contributed by atoms with van der Waals surface area (Å²) in [5.41, 5.74) is 2.05. The minimum absolute atomic E-state index is 0.0865. The van der Waals surface area contributed by atoms with Crippen molar-refractivity contribution in [3.8, 4) is 0 Å². The first-order chi connectivity index (χ1) is 12.6. The highest BCUT2D eigenvalue weighted by atomic mass is 16.4. The molecule has 1 saturated heterocycles. The molecule has 0 radical (unpaired) electrons. The summed E-state index contributed by atoms with van der Waals surface area (Å²) in [5.74, 6) is -1.17. The molecule has 0 bridgehead atoms. The van der Waals surface area contributed by atoms with Gasteiger partial charge in [-0.3, -0.25) is 9.59 Å². The number of amides is 1. The largest absolute Gasteiger partial charge is 0.481 e. The van der Waals surface area contributed by atoms with Crippen LogP contribution in [-0.2, 0) is 9.59 Å². The maximum absolute atomic E-state index is 13.3. The van der Waals surface area contributed by atoms with Crippen LogP contribution in [0.4, 0.5) is 0 Å². The molecular weight excluding hydrogens is 326 g/mol. The maximum Gasteiger partial charge on any atom is 0.308 e. The highest BCUT2D eigenvalue weighted by Crippen LogP contribution is 2.45. The van der Waals surface area contributed by atoms with Gasteiger partial charge in [0.1, 0.15) is 0 Å². The molecule has 3 atom stereocenters. The molecule has 1 aliphatic carbocycles. The first-order valence-electron chi connectivity index (χ1n) is 9.26. The van der Waals surface area contributed by atoms with Crippen molar-refractivity contribution in [3.05, 3.63) is 71.8 Å². The van der Waals surface area contributed by atoms with Crippen LogP contribution in [0.25, 0.3) is 0 Å². The Labute approximate surface area is 153 Å². The molecule has 26 heavy (non-hydrogen) atoms. The van der Waals surface area contributed by atoms with E-state index in [4.69, 9.17) is 0 Å². The van der Waals surface area contributed by atoms with Gasteiger partial charge < -0.3 is 10.0 Å². The van der Waals surface area contributed by atoms with E-state index in [1.54, 1.807) is 4.90 Å². The molecule has 1 heterocycles. The number of benzene rings is 2. The van der Waals surface area contributed by atoms with Crippen LogP contribution in [-0.4, -0.2) is 35.0 Å². The summed E-state index contributed by atoms with van der Waals surface area (Å²) in [6.45, 7) is 0.777. The number of carbonyl (C=O) groups is 2. The molecule has 1 aliphatic heterocycles. The second-order valence-electron chi connectivity index (χ2n) is 7.43. The Balaban J connectivity index is 1.59. The fourth-order valence-electron chi connectivity index (χ4n) is 4.17. The monoisotopic (exact) mass is 349 g/mol. The molecule has 2 aromatic rings. The van der Waals surface area contributed by atoms with Crippen molar-refractivity contribution in [3.63, 3.8) is 0 Å². The maximum atomic E-state index is 13.3.